The van der Waals surface area contributed by atoms with Crippen LogP contribution in [0.5, 0.6) is 0 Å². The molecule has 0 fully saturated rings. The number of non-ortho nitro benzene ring substituents is 1. The molecule has 3 rings (SSSR count). The van der Waals surface area contributed by atoms with E-state index in [0.717, 1.165) is 21.8 Å². The Labute approximate surface area is 89.9 Å². The van der Waals surface area contributed by atoms with E-state index in [0.29, 0.717) is 0 Å². The quantitative estimate of drug-likeness (QED) is 0.498. The summed E-state index contributed by atoms with van der Waals surface area (Å²) >= 11 is 0. The highest BCUT2D eigenvalue weighted by molar-refractivity contribution is 6.07. The molecule has 0 spiro atoms. The molecule has 0 radical (unpaired) electrons. The molecule has 0 saturated carbocycles. The van der Waals surface area contributed by atoms with Crippen LogP contribution in [0.25, 0.3) is 21.8 Å². The lowest BCUT2D eigenvalue weighted by atomic mass is 10.2. The summed E-state index contributed by atoms with van der Waals surface area (Å²) in [7, 11) is 0. The van der Waals surface area contributed by atoms with E-state index in [1.807, 2.05) is 6.07 Å². The lowest BCUT2D eigenvalue weighted by molar-refractivity contribution is -0.384. The third kappa shape index (κ3) is 1.15. The van der Waals surface area contributed by atoms with Gasteiger partial charge >= 0.3 is 0 Å². The smallest absolute Gasteiger partial charge is 0.270 e. The van der Waals surface area contributed by atoms with E-state index < -0.39 is 4.92 Å². The van der Waals surface area contributed by atoms with Crippen LogP contribution in [-0.2, 0) is 0 Å². The van der Waals surface area contributed by atoms with Gasteiger partial charge in [0.1, 0.15) is 0 Å². The van der Waals surface area contributed by atoms with Gasteiger partial charge in [-0.05, 0) is 12.1 Å². The maximum absolute atomic E-state index is 10.7. The SMILES string of the molecule is O=[N+]([O-])c1ccc2[nH]c3ccncc3c2c1. The van der Waals surface area contributed by atoms with Gasteiger partial charge in [0.25, 0.3) is 5.69 Å². The number of hydrogen-bond donors (Lipinski definition) is 1. The predicted molar refractivity (Wildman–Crippen MR) is 60.3 cm³/mol. The van der Waals surface area contributed by atoms with E-state index in [4.69, 9.17) is 0 Å². The molecule has 1 aromatic carbocycles. The minimum Gasteiger partial charge on any atom is -0.354 e. The van der Waals surface area contributed by atoms with Gasteiger partial charge in [-0.2, -0.15) is 0 Å². The summed E-state index contributed by atoms with van der Waals surface area (Å²) in [6, 6.07) is 6.62. The molecule has 16 heavy (non-hydrogen) atoms. The molecule has 2 aromatic heterocycles. The summed E-state index contributed by atoms with van der Waals surface area (Å²) in [5, 5.41) is 12.4. The largest absolute Gasteiger partial charge is 0.354 e. The van der Waals surface area contributed by atoms with E-state index in [-0.39, 0.29) is 5.69 Å². The van der Waals surface area contributed by atoms with Gasteiger partial charge in [0.15, 0.2) is 0 Å². The van der Waals surface area contributed by atoms with Gasteiger partial charge in [0, 0.05) is 46.3 Å². The minimum absolute atomic E-state index is 0.0947. The van der Waals surface area contributed by atoms with Crippen molar-refractivity contribution in [2.75, 3.05) is 0 Å². The molecule has 0 aliphatic heterocycles. The van der Waals surface area contributed by atoms with Crippen molar-refractivity contribution in [2.24, 2.45) is 0 Å². The highest BCUT2D eigenvalue weighted by Gasteiger charge is 2.09. The fourth-order valence-electron chi connectivity index (χ4n) is 1.84. The summed E-state index contributed by atoms with van der Waals surface area (Å²) < 4.78 is 0. The lowest BCUT2D eigenvalue weighted by Crippen LogP contribution is -1.86. The van der Waals surface area contributed by atoms with Crippen LogP contribution < -0.4 is 0 Å². The maximum Gasteiger partial charge on any atom is 0.270 e. The van der Waals surface area contributed by atoms with Crippen molar-refractivity contribution in [3.63, 3.8) is 0 Å². The third-order valence-electron chi connectivity index (χ3n) is 2.59. The summed E-state index contributed by atoms with van der Waals surface area (Å²) in [6.07, 6.45) is 3.39. The Morgan fingerprint density at radius 2 is 2.00 bits per heavy atom. The first kappa shape index (κ1) is 8.84. The van der Waals surface area contributed by atoms with Crippen LogP contribution in [-0.4, -0.2) is 14.9 Å². The number of aromatic amines is 1. The Kier molecular flexibility index (Phi) is 1.67. The lowest BCUT2D eigenvalue weighted by Gasteiger charge is -1.91. The van der Waals surface area contributed by atoms with Gasteiger partial charge in [0.2, 0.25) is 0 Å². The van der Waals surface area contributed by atoms with E-state index in [1.165, 1.54) is 6.07 Å². The Hall–Kier alpha value is -2.43. The van der Waals surface area contributed by atoms with Crippen LogP contribution >= 0.6 is 0 Å². The molecule has 5 heteroatoms. The van der Waals surface area contributed by atoms with Gasteiger partial charge in [-0.3, -0.25) is 15.1 Å². The van der Waals surface area contributed by atoms with Crippen LogP contribution in [0.4, 0.5) is 5.69 Å². The molecule has 3 aromatic rings. The first-order chi connectivity index (χ1) is 7.75. The van der Waals surface area contributed by atoms with Gasteiger partial charge in [-0.1, -0.05) is 0 Å². The average molecular weight is 213 g/mol. The zero-order valence-corrected chi connectivity index (χ0v) is 8.18. The Morgan fingerprint density at radius 1 is 1.19 bits per heavy atom. The number of pyridine rings is 1. The number of nitrogens with zero attached hydrogens (tertiary/aromatic N) is 2. The summed E-state index contributed by atoms with van der Waals surface area (Å²) in [4.78, 5) is 17.5. The summed E-state index contributed by atoms with van der Waals surface area (Å²) in [6.45, 7) is 0. The molecule has 5 nitrogen and oxygen atoms in total. The number of rotatable bonds is 1. The van der Waals surface area contributed by atoms with Crippen molar-refractivity contribution in [3.8, 4) is 0 Å². The van der Waals surface area contributed by atoms with Crippen molar-refractivity contribution >= 4 is 27.5 Å². The Balaban J connectivity index is 2.44. The second-order valence-electron chi connectivity index (χ2n) is 3.53. The average Bonchev–Trinajstić information content (AvgIpc) is 2.66. The van der Waals surface area contributed by atoms with Crippen molar-refractivity contribution in [3.05, 3.63) is 46.8 Å². The molecule has 0 aliphatic rings. The molecular weight excluding hydrogens is 206 g/mol. The number of nitrogens with one attached hydrogen (secondary N) is 1. The Morgan fingerprint density at radius 3 is 2.81 bits per heavy atom. The van der Waals surface area contributed by atoms with E-state index in [2.05, 4.69) is 9.97 Å². The summed E-state index contributed by atoms with van der Waals surface area (Å²) in [5.41, 5.74) is 1.91. The van der Waals surface area contributed by atoms with Crippen molar-refractivity contribution in [1.82, 2.24) is 9.97 Å². The molecular formula is C11H7N3O2. The number of nitro groups is 1. The summed E-state index contributed by atoms with van der Waals surface area (Å²) in [5.74, 6) is 0. The number of benzene rings is 1. The highest BCUT2D eigenvalue weighted by atomic mass is 16.6. The third-order valence-corrected chi connectivity index (χ3v) is 2.59. The number of hydrogen-bond acceptors (Lipinski definition) is 3. The van der Waals surface area contributed by atoms with Crippen molar-refractivity contribution in [2.45, 2.75) is 0 Å². The van der Waals surface area contributed by atoms with Gasteiger partial charge in [-0.25, -0.2) is 0 Å². The van der Waals surface area contributed by atoms with Gasteiger partial charge in [-0.15, -0.1) is 0 Å². The predicted octanol–water partition coefficient (Wildman–Crippen LogP) is 2.62. The highest BCUT2D eigenvalue weighted by Crippen LogP contribution is 2.27. The fraction of sp³-hybridized carbons (Fsp3) is 0. The van der Waals surface area contributed by atoms with Crippen LogP contribution in [0.3, 0.4) is 0 Å². The molecule has 78 valence electrons. The monoisotopic (exact) mass is 213 g/mol. The first-order valence-electron chi connectivity index (χ1n) is 4.75. The van der Waals surface area contributed by atoms with Crippen molar-refractivity contribution < 1.29 is 4.92 Å². The van der Waals surface area contributed by atoms with E-state index in [9.17, 15) is 10.1 Å². The van der Waals surface area contributed by atoms with Crippen LogP contribution in [0, 0.1) is 10.1 Å². The van der Waals surface area contributed by atoms with Crippen LogP contribution in [0.2, 0.25) is 0 Å². The second kappa shape index (κ2) is 3.03. The van der Waals surface area contributed by atoms with Crippen LogP contribution in [0.1, 0.15) is 0 Å². The number of nitro benzene ring substituents is 1. The van der Waals surface area contributed by atoms with Crippen molar-refractivity contribution in [1.29, 1.82) is 0 Å². The first-order valence-corrected chi connectivity index (χ1v) is 4.75. The molecule has 1 N–H and O–H groups in total. The van der Waals surface area contributed by atoms with E-state index >= 15 is 0 Å². The molecule has 0 amide bonds. The maximum atomic E-state index is 10.7. The molecule has 0 atom stereocenters. The topological polar surface area (TPSA) is 71.8 Å². The standard InChI is InChI=1S/C11H7N3O2/c15-14(16)7-1-2-10-8(5-7)9-6-12-4-3-11(9)13-10/h1-6,13H. The number of H-pyrrole nitrogens is 1. The molecule has 0 aliphatic carbocycles. The van der Waals surface area contributed by atoms with Gasteiger partial charge in [0.05, 0.1) is 4.92 Å². The second-order valence-corrected chi connectivity index (χ2v) is 3.53. The zero-order valence-electron chi connectivity index (χ0n) is 8.18. The number of fused-ring (bicyclic) bond motifs is 3. The van der Waals surface area contributed by atoms with Gasteiger partial charge < -0.3 is 4.98 Å². The number of aromatic nitrogens is 2. The van der Waals surface area contributed by atoms with E-state index in [1.54, 1.807) is 24.5 Å². The minimum atomic E-state index is -0.394. The Bertz CT molecular complexity index is 703. The molecule has 0 saturated heterocycles. The normalized spacial score (nSPS) is 11.0. The fourth-order valence-corrected chi connectivity index (χ4v) is 1.84. The van der Waals surface area contributed by atoms with Crippen LogP contribution in [0.15, 0.2) is 36.7 Å². The molecule has 0 unspecified atom stereocenters. The molecule has 0 bridgehead atoms. The molecule has 2 heterocycles. The zero-order chi connectivity index (χ0) is 11.1.